The lowest BCUT2D eigenvalue weighted by Crippen LogP contribution is -2.47. The van der Waals surface area contributed by atoms with Gasteiger partial charge in [-0.2, -0.15) is 0 Å². The minimum absolute atomic E-state index is 0.196. The molecule has 0 saturated carbocycles. The van der Waals surface area contributed by atoms with Crippen molar-refractivity contribution in [1.29, 1.82) is 0 Å². The van der Waals surface area contributed by atoms with Crippen LogP contribution in [0.3, 0.4) is 0 Å². The second-order valence-electron chi connectivity index (χ2n) is 7.39. The lowest BCUT2D eigenvalue weighted by molar-refractivity contribution is -0.116. The zero-order valence-electron chi connectivity index (χ0n) is 16.2. The van der Waals surface area contributed by atoms with Crippen molar-refractivity contribution in [2.24, 2.45) is 0 Å². The predicted molar refractivity (Wildman–Crippen MR) is 114 cm³/mol. The van der Waals surface area contributed by atoms with E-state index in [1.807, 2.05) is 36.2 Å². The molecule has 0 saturated heterocycles. The van der Waals surface area contributed by atoms with Gasteiger partial charge in [0.25, 0.3) is 0 Å². The molecule has 2 aliphatic rings. The van der Waals surface area contributed by atoms with Gasteiger partial charge >= 0.3 is 0 Å². The average Bonchev–Trinajstić information content (AvgIpc) is 2.71. The monoisotopic (exact) mass is 392 g/mol. The van der Waals surface area contributed by atoms with Crippen LogP contribution in [0, 0.1) is 6.92 Å². The number of hydrogen-bond donors (Lipinski definition) is 1. The smallest absolute Gasteiger partial charge is 0.173 e. The molecule has 2 aromatic rings. The molecule has 1 aliphatic carbocycles. The molecule has 28 heavy (non-hydrogen) atoms. The van der Waals surface area contributed by atoms with Gasteiger partial charge in [-0.05, 0) is 43.6 Å². The quantitative estimate of drug-likeness (QED) is 0.779. The van der Waals surface area contributed by atoms with Gasteiger partial charge in [-0.1, -0.05) is 48.0 Å². The summed E-state index contributed by atoms with van der Waals surface area (Å²) in [5.74, 6) is 0.972. The van der Waals surface area contributed by atoms with Crippen molar-refractivity contribution < 1.29 is 9.53 Å². The average molecular weight is 393 g/mol. The van der Waals surface area contributed by atoms with Crippen molar-refractivity contribution in [2.45, 2.75) is 38.8 Å². The number of benzene rings is 2. The number of nitrogens with zero attached hydrogens (tertiary/aromatic N) is 1. The standard InChI is InChI=1S/C23H24N2O2S/c1-15-10-12-16(13-11-15)14-27-20-9-4-3-6-17(20)22-21-18(7-5-8-19(21)26)25(2)23(28)24-22/h3-4,6,9-13,22H,5,7-8,14H2,1-2H3,(H,24,28). The molecule has 0 aromatic heterocycles. The van der Waals surface area contributed by atoms with Crippen LogP contribution < -0.4 is 10.1 Å². The fraction of sp³-hybridized carbons (Fsp3) is 0.304. The molecule has 0 radical (unpaired) electrons. The second kappa shape index (κ2) is 7.76. The van der Waals surface area contributed by atoms with Crippen LogP contribution in [-0.2, 0) is 11.4 Å². The fourth-order valence-electron chi connectivity index (χ4n) is 3.87. The van der Waals surface area contributed by atoms with Gasteiger partial charge in [0, 0.05) is 30.3 Å². The number of carbonyl (C=O) groups excluding carboxylic acids is 1. The first-order valence-electron chi connectivity index (χ1n) is 9.62. The summed E-state index contributed by atoms with van der Waals surface area (Å²) in [5, 5.41) is 4.00. The number of thiocarbonyl (C=S) groups is 1. The van der Waals surface area contributed by atoms with Gasteiger partial charge in [-0.3, -0.25) is 4.79 Å². The highest BCUT2D eigenvalue weighted by molar-refractivity contribution is 7.80. The van der Waals surface area contributed by atoms with Crippen LogP contribution in [0.15, 0.2) is 59.8 Å². The minimum Gasteiger partial charge on any atom is -0.489 e. The van der Waals surface area contributed by atoms with Crippen molar-refractivity contribution in [2.75, 3.05) is 7.05 Å². The Labute approximate surface area is 171 Å². The number of aryl methyl sites for hydroxylation is 1. The molecular weight excluding hydrogens is 368 g/mol. The van der Waals surface area contributed by atoms with Crippen molar-refractivity contribution in [3.05, 3.63) is 76.5 Å². The van der Waals surface area contributed by atoms with Crippen LogP contribution in [0.1, 0.15) is 42.0 Å². The van der Waals surface area contributed by atoms with Crippen molar-refractivity contribution >= 4 is 23.1 Å². The van der Waals surface area contributed by atoms with Gasteiger partial charge in [0.05, 0.1) is 6.04 Å². The number of allylic oxidation sites excluding steroid dienone is 1. The first-order chi connectivity index (χ1) is 13.5. The SMILES string of the molecule is Cc1ccc(COc2ccccc2C2NC(=S)N(C)C3=C2C(=O)CCC3)cc1. The number of carbonyl (C=O) groups is 1. The Bertz CT molecular complexity index is 949. The zero-order chi connectivity index (χ0) is 19.7. The molecule has 1 aliphatic heterocycles. The lowest BCUT2D eigenvalue weighted by atomic mass is 9.84. The van der Waals surface area contributed by atoms with E-state index < -0.39 is 0 Å². The van der Waals surface area contributed by atoms with E-state index in [0.717, 1.165) is 41.0 Å². The molecule has 4 rings (SSSR count). The topological polar surface area (TPSA) is 41.6 Å². The van der Waals surface area contributed by atoms with Gasteiger partial charge < -0.3 is 15.0 Å². The Kier molecular flexibility index (Phi) is 5.18. The maximum Gasteiger partial charge on any atom is 0.173 e. The van der Waals surface area contributed by atoms with Gasteiger partial charge in [0.1, 0.15) is 12.4 Å². The molecule has 1 heterocycles. The van der Waals surface area contributed by atoms with Gasteiger partial charge in [0.15, 0.2) is 10.9 Å². The van der Waals surface area contributed by atoms with Gasteiger partial charge in [-0.15, -0.1) is 0 Å². The Morgan fingerprint density at radius 2 is 1.89 bits per heavy atom. The highest BCUT2D eigenvalue weighted by Crippen LogP contribution is 2.39. The van der Waals surface area contributed by atoms with E-state index in [9.17, 15) is 4.79 Å². The maximum atomic E-state index is 12.8. The van der Waals surface area contributed by atoms with E-state index in [1.165, 1.54) is 5.56 Å². The number of hydrogen-bond acceptors (Lipinski definition) is 3. The highest BCUT2D eigenvalue weighted by atomic mass is 32.1. The normalized spacial score (nSPS) is 19.4. The van der Waals surface area contributed by atoms with E-state index in [1.54, 1.807) is 0 Å². The van der Waals surface area contributed by atoms with Crippen LogP contribution in [0.4, 0.5) is 0 Å². The van der Waals surface area contributed by atoms with Crippen molar-refractivity contribution in [3.8, 4) is 5.75 Å². The molecular formula is C23H24N2O2S. The largest absolute Gasteiger partial charge is 0.489 e. The van der Waals surface area contributed by atoms with Crippen LogP contribution in [0.25, 0.3) is 0 Å². The van der Waals surface area contributed by atoms with E-state index in [0.29, 0.717) is 18.1 Å². The van der Waals surface area contributed by atoms with Crippen LogP contribution in [0.2, 0.25) is 0 Å². The molecule has 2 aromatic carbocycles. The summed E-state index contributed by atoms with van der Waals surface area (Å²) in [6.45, 7) is 2.55. The molecule has 1 atom stereocenters. The Morgan fingerprint density at radius 1 is 1.14 bits per heavy atom. The molecule has 0 amide bonds. The molecule has 4 nitrogen and oxygen atoms in total. The van der Waals surface area contributed by atoms with E-state index >= 15 is 0 Å². The molecule has 1 unspecified atom stereocenters. The summed E-state index contributed by atoms with van der Waals surface area (Å²) in [6.07, 6.45) is 2.34. The Morgan fingerprint density at radius 3 is 2.68 bits per heavy atom. The summed E-state index contributed by atoms with van der Waals surface area (Å²) in [7, 11) is 1.93. The number of ether oxygens (including phenoxy) is 1. The first kappa shape index (κ1) is 18.7. The summed E-state index contributed by atoms with van der Waals surface area (Å²) in [5.41, 5.74) is 5.16. The summed E-state index contributed by atoms with van der Waals surface area (Å²) in [6, 6.07) is 16.0. The Balaban J connectivity index is 1.67. The predicted octanol–water partition coefficient (Wildman–Crippen LogP) is 4.44. The number of rotatable bonds is 4. The second-order valence-corrected chi connectivity index (χ2v) is 7.78. The van der Waals surface area contributed by atoms with Crippen molar-refractivity contribution in [3.63, 3.8) is 0 Å². The van der Waals surface area contributed by atoms with Crippen LogP contribution >= 0.6 is 12.2 Å². The first-order valence-corrected chi connectivity index (χ1v) is 10.0. The maximum absolute atomic E-state index is 12.8. The van der Waals surface area contributed by atoms with Crippen LogP contribution in [-0.4, -0.2) is 22.8 Å². The molecule has 0 spiro atoms. The van der Waals surface area contributed by atoms with Gasteiger partial charge in [0.2, 0.25) is 0 Å². The summed E-state index contributed by atoms with van der Waals surface area (Å²) < 4.78 is 6.16. The van der Waals surface area contributed by atoms with E-state index in [-0.39, 0.29) is 11.8 Å². The third kappa shape index (κ3) is 3.54. The summed E-state index contributed by atoms with van der Waals surface area (Å²) in [4.78, 5) is 14.7. The number of ketones is 1. The molecule has 144 valence electrons. The number of nitrogens with one attached hydrogen (secondary N) is 1. The zero-order valence-corrected chi connectivity index (χ0v) is 17.0. The van der Waals surface area contributed by atoms with Gasteiger partial charge in [-0.25, -0.2) is 0 Å². The van der Waals surface area contributed by atoms with Crippen LogP contribution in [0.5, 0.6) is 5.75 Å². The Hall–Kier alpha value is -2.66. The lowest BCUT2D eigenvalue weighted by Gasteiger charge is -2.39. The number of para-hydroxylation sites is 1. The molecule has 0 bridgehead atoms. The highest BCUT2D eigenvalue weighted by Gasteiger charge is 2.36. The third-order valence-corrected chi connectivity index (χ3v) is 5.83. The molecule has 0 fully saturated rings. The molecule has 5 heteroatoms. The minimum atomic E-state index is -0.263. The number of Topliss-reactive ketones (excluding diaryl/α,β-unsaturated/α-hetero) is 1. The van der Waals surface area contributed by atoms with E-state index in [4.69, 9.17) is 17.0 Å². The fourth-order valence-corrected chi connectivity index (χ4v) is 4.09. The summed E-state index contributed by atoms with van der Waals surface area (Å²) >= 11 is 5.54. The van der Waals surface area contributed by atoms with Crippen molar-refractivity contribution in [1.82, 2.24) is 10.2 Å². The molecule has 1 N–H and O–H groups in total. The van der Waals surface area contributed by atoms with E-state index in [2.05, 4.69) is 36.5 Å². The third-order valence-electron chi connectivity index (χ3n) is 5.44.